The highest BCUT2D eigenvalue weighted by molar-refractivity contribution is 6.10. The highest BCUT2D eigenvalue weighted by Crippen LogP contribution is 2.29. The SMILES string of the molecule is CCOc1cc(C=C(C#N)C(=O)Nc2ccc(C)cc2C)ccc1OCC(=O)Nc1ccc(F)cc1. The predicted octanol–water partition coefficient (Wildman–Crippen LogP) is 5.40. The topological polar surface area (TPSA) is 100 Å². The van der Waals surface area contributed by atoms with Gasteiger partial charge < -0.3 is 20.1 Å². The largest absolute Gasteiger partial charge is 0.490 e. The van der Waals surface area contributed by atoms with Gasteiger partial charge in [0.05, 0.1) is 6.61 Å². The van der Waals surface area contributed by atoms with Crippen LogP contribution in [0.2, 0.25) is 0 Å². The van der Waals surface area contributed by atoms with Gasteiger partial charge in [-0.2, -0.15) is 5.26 Å². The van der Waals surface area contributed by atoms with Crippen LogP contribution in [-0.4, -0.2) is 25.0 Å². The number of rotatable bonds is 9. The Balaban J connectivity index is 1.71. The van der Waals surface area contributed by atoms with Crippen LogP contribution in [0.3, 0.4) is 0 Å². The first-order chi connectivity index (χ1) is 17.3. The molecule has 0 atom stereocenters. The summed E-state index contributed by atoms with van der Waals surface area (Å²) in [5, 5.41) is 14.9. The zero-order valence-electron chi connectivity index (χ0n) is 20.2. The minimum absolute atomic E-state index is 0.0789. The van der Waals surface area contributed by atoms with Crippen LogP contribution in [0.4, 0.5) is 15.8 Å². The second kappa shape index (κ2) is 12.2. The van der Waals surface area contributed by atoms with Gasteiger partial charge in [0.15, 0.2) is 18.1 Å². The first kappa shape index (κ1) is 26.0. The van der Waals surface area contributed by atoms with Gasteiger partial charge in [0, 0.05) is 11.4 Å². The van der Waals surface area contributed by atoms with Gasteiger partial charge in [0.1, 0.15) is 17.5 Å². The third kappa shape index (κ3) is 7.18. The average molecular weight is 488 g/mol. The normalized spacial score (nSPS) is 10.8. The molecule has 0 aliphatic carbocycles. The van der Waals surface area contributed by atoms with Crippen molar-refractivity contribution in [2.45, 2.75) is 20.8 Å². The van der Waals surface area contributed by atoms with Gasteiger partial charge in [-0.05, 0) is 80.4 Å². The van der Waals surface area contributed by atoms with Gasteiger partial charge in [0.2, 0.25) is 0 Å². The zero-order chi connectivity index (χ0) is 26.1. The molecule has 0 fully saturated rings. The molecule has 36 heavy (non-hydrogen) atoms. The maximum Gasteiger partial charge on any atom is 0.266 e. The van der Waals surface area contributed by atoms with E-state index in [0.717, 1.165) is 11.1 Å². The molecule has 0 aliphatic heterocycles. The summed E-state index contributed by atoms with van der Waals surface area (Å²) < 4.78 is 24.3. The molecule has 8 heteroatoms. The quantitative estimate of drug-likeness (QED) is 0.311. The number of ether oxygens (including phenoxy) is 2. The van der Waals surface area contributed by atoms with Crippen molar-refractivity contribution >= 4 is 29.3 Å². The summed E-state index contributed by atoms with van der Waals surface area (Å²) in [5.41, 5.74) is 3.51. The molecule has 0 saturated heterocycles. The van der Waals surface area contributed by atoms with Gasteiger partial charge in [-0.15, -0.1) is 0 Å². The van der Waals surface area contributed by atoms with Crippen molar-refractivity contribution in [2.75, 3.05) is 23.8 Å². The van der Waals surface area contributed by atoms with E-state index in [1.54, 1.807) is 31.2 Å². The van der Waals surface area contributed by atoms with Gasteiger partial charge in [-0.3, -0.25) is 9.59 Å². The second-order valence-corrected chi connectivity index (χ2v) is 7.93. The van der Waals surface area contributed by atoms with Crippen molar-refractivity contribution < 1.29 is 23.5 Å². The van der Waals surface area contributed by atoms with Crippen LogP contribution in [-0.2, 0) is 9.59 Å². The Labute approximate surface area is 209 Å². The van der Waals surface area contributed by atoms with E-state index in [1.807, 2.05) is 32.0 Å². The number of hydrogen-bond donors (Lipinski definition) is 2. The number of hydrogen-bond acceptors (Lipinski definition) is 5. The highest BCUT2D eigenvalue weighted by Gasteiger charge is 2.13. The molecule has 7 nitrogen and oxygen atoms in total. The van der Waals surface area contributed by atoms with Crippen molar-refractivity contribution in [1.29, 1.82) is 5.26 Å². The van der Waals surface area contributed by atoms with Crippen LogP contribution in [0.15, 0.2) is 66.2 Å². The molecule has 2 amide bonds. The molecule has 184 valence electrons. The van der Waals surface area contributed by atoms with Crippen molar-refractivity contribution in [3.63, 3.8) is 0 Å². The first-order valence-corrected chi connectivity index (χ1v) is 11.2. The van der Waals surface area contributed by atoms with Crippen molar-refractivity contribution in [3.8, 4) is 17.6 Å². The summed E-state index contributed by atoms with van der Waals surface area (Å²) in [5.74, 6) is -0.681. The van der Waals surface area contributed by atoms with Crippen LogP contribution in [0.5, 0.6) is 11.5 Å². The number of carbonyl (C=O) groups excluding carboxylic acids is 2. The Morgan fingerprint density at radius 2 is 1.72 bits per heavy atom. The van der Waals surface area contributed by atoms with Crippen LogP contribution < -0.4 is 20.1 Å². The van der Waals surface area contributed by atoms with E-state index in [2.05, 4.69) is 10.6 Å². The number of nitrogens with zero attached hydrogens (tertiary/aromatic N) is 1. The second-order valence-electron chi connectivity index (χ2n) is 7.93. The lowest BCUT2D eigenvalue weighted by molar-refractivity contribution is -0.118. The standard InChI is InChI=1S/C28H26FN3O4/c1-4-35-26-15-20(14-21(16-30)28(34)32-24-11-5-18(2)13-19(24)3)6-12-25(26)36-17-27(33)31-23-9-7-22(29)8-10-23/h5-15H,4,17H2,1-3H3,(H,31,33)(H,32,34). The van der Waals surface area contributed by atoms with E-state index in [0.29, 0.717) is 35.0 Å². The van der Waals surface area contributed by atoms with Gasteiger partial charge in [-0.1, -0.05) is 23.8 Å². The molecule has 3 rings (SSSR count). The minimum Gasteiger partial charge on any atom is -0.490 e. The van der Waals surface area contributed by atoms with Crippen LogP contribution in [0.25, 0.3) is 6.08 Å². The molecular weight excluding hydrogens is 461 g/mol. The average Bonchev–Trinajstić information content (AvgIpc) is 2.85. The van der Waals surface area contributed by atoms with Gasteiger partial charge in [-0.25, -0.2) is 4.39 Å². The maximum absolute atomic E-state index is 13.0. The lowest BCUT2D eigenvalue weighted by Gasteiger charge is -2.13. The number of halogens is 1. The van der Waals surface area contributed by atoms with Crippen LogP contribution >= 0.6 is 0 Å². The number of benzene rings is 3. The van der Waals surface area contributed by atoms with Gasteiger partial charge >= 0.3 is 0 Å². The third-order valence-corrected chi connectivity index (χ3v) is 5.06. The Morgan fingerprint density at radius 1 is 0.972 bits per heavy atom. The monoisotopic (exact) mass is 487 g/mol. The lowest BCUT2D eigenvalue weighted by Crippen LogP contribution is -2.20. The Hall–Kier alpha value is -4.64. The summed E-state index contributed by atoms with van der Waals surface area (Å²) in [6.07, 6.45) is 1.45. The summed E-state index contributed by atoms with van der Waals surface area (Å²) in [7, 11) is 0. The Bertz CT molecular complexity index is 1330. The summed E-state index contributed by atoms with van der Waals surface area (Å²) in [4.78, 5) is 24.9. The van der Waals surface area contributed by atoms with E-state index in [4.69, 9.17) is 9.47 Å². The molecule has 2 N–H and O–H groups in total. The lowest BCUT2D eigenvalue weighted by atomic mass is 10.1. The third-order valence-electron chi connectivity index (χ3n) is 5.06. The number of nitrogens with one attached hydrogen (secondary N) is 2. The number of amides is 2. The molecule has 0 aliphatic rings. The molecule has 0 radical (unpaired) electrons. The van der Waals surface area contributed by atoms with Crippen molar-refractivity contribution in [1.82, 2.24) is 0 Å². The Kier molecular flexibility index (Phi) is 8.79. The molecule has 0 spiro atoms. The molecule has 3 aromatic carbocycles. The van der Waals surface area contributed by atoms with Crippen LogP contribution in [0.1, 0.15) is 23.6 Å². The summed E-state index contributed by atoms with van der Waals surface area (Å²) >= 11 is 0. The molecular formula is C28H26FN3O4. The summed E-state index contributed by atoms with van der Waals surface area (Å²) in [6, 6.07) is 17.8. The fourth-order valence-corrected chi connectivity index (χ4v) is 3.33. The molecule has 0 heterocycles. The van der Waals surface area contributed by atoms with E-state index < -0.39 is 17.6 Å². The zero-order valence-corrected chi connectivity index (χ0v) is 20.2. The number of aryl methyl sites for hydroxylation is 2. The number of carbonyl (C=O) groups is 2. The number of anilines is 2. The summed E-state index contributed by atoms with van der Waals surface area (Å²) in [6.45, 7) is 5.68. The van der Waals surface area contributed by atoms with Gasteiger partial charge in [0.25, 0.3) is 11.8 Å². The first-order valence-electron chi connectivity index (χ1n) is 11.2. The molecule has 3 aromatic rings. The predicted molar refractivity (Wildman–Crippen MR) is 136 cm³/mol. The van der Waals surface area contributed by atoms with E-state index >= 15 is 0 Å². The number of nitriles is 1. The molecule has 0 aromatic heterocycles. The van der Waals surface area contributed by atoms with E-state index in [9.17, 15) is 19.2 Å². The fraction of sp³-hybridized carbons (Fsp3) is 0.179. The Morgan fingerprint density at radius 3 is 2.39 bits per heavy atom. The minimum atomic E-state index is -0.528. The smallest absolute Gasteiger partial charge is 0.266 e. The van der Waals surface area contributed by atoms with Crippen LogP contribution in [0, 0.1) is 31.0 Å². The van der Waals surface area contributed by atoms with E-state index in [-0.39, 0.29) is 12.2 Å². The fourth-order valence-electron chi connectivity index (χ4n) is 3.33. The molecule has 0 unspecified atom stereocenters. The highest BCUT2D eigenvalue weighted by atomic mass is 19.1. The molecule has 0 bridgehead atoms. The van der Waals surface area contributed by atoms with E-state index in [1.165, 1.54) is 30.3 Å². The van der Waals surface area contributed by atoms with Crippen molar-refractivity contribution in [3.05, 3.63) is 88.7 Å². The molecule has 0 saturated carbocycles. The van der Waals surface area contributed by atoms with Crippen molar-refractivity contribution in [2.24, 2.45) is 0 Å². The maximum atomic E-state index is 13.0.